The lowest BCUT2D eigenvalue weighted by atomic mass is 9.90. The van der Waals surface area contributed by atoms with E-state index in [4.69, 9.17) is 4.74 Å². The monoisotopic (exact) mass is 227 g/mol. The van der Waals surface area contributed by atoms with Crippen molar-refractivity contribution in [2.24, 2.45) is 5.92 Å². The summed E-state index contributed by atoms with van der Waals surface area (Å²) in [5, 5.41) is 12.3. The summed E-state index contributed by atoms with van der Waals surface area (Å²) in [5.41, 5.74) is 0. The number of carbonyl (C=O) groups is 1. The lowest BCUT2D eigenvalue weighted by Crippen LogP contribution is -2.33. The van der Waals surface area contributed by atoms with Crippen LogP contribution in [0.15, 0.2) is 0 Å². The summed E-state index contributed by atoms with van der Waals surface area (Å²) < 4.78 is 5.30. The fourth-order valence-electron chi connectivity index (χ4n) is 2.55. The molecule has 92 valence electrons. The van der Waals surface area contributed by atoms with Crippen LogP contribution in [-0.2, 0) is 9.53 Å². The minimum absolute atomic E-state index is 0.192. The molecule has 0 radical (unpaired) electrons. The molecule has 1 saturated carbocycles. The van der Waals surface area contributed by atoms with Gasteiger partial charge in [0.05, 0.1) is 12.7 Å². The summed E-state index contributed by atoms with van der Waals surface area (Å²) in [6.07, 6.45) is 6.32. The molecule has 2 N–H and O–H groups in total. The maximum Gasteiger partial charge on any atom is 0.323 e. The molecule has 2 rings (SSSR count). The number of carbonyl (C=O) groups excluding carboxylic acids is 1. The number of hydrogen-bond donors (Lipinski definition) is 2. The highest BCUT2D eigenvalue weighted by atomic mass is 16.5. The van der Waals surface area contributed by atoms with E-state index >= 15 is 0 Å². The average Bonchev–Trinajstić information content (AvgIpc) is 2.74. The molecule has 0 aromatic carbocycles. The smallest absolute Gasteiger partial charge is 0.323 e. The van der Waals surface area contributed by atoms with Gasteiger partial charge in [0.25, 0.3) is 0 Å². The molecule has 1 heterocycles. The van der Waals surface area contributed by atoms with Gasteiger partial charge in [0.2, 0.25) is 0 Å². The molecule has 0 bridgehead atoms. The van der Waals surface area contributed by atoms with Crippen LogP contribution in [0.4, 0.5) is 0 Å². The van der Waals surface area contributed by atoms with E-state index < -0.39 is 6.10 Å². The van der Waals surface area contributed by atoms with E-state index in [2.05, 4.69) is 5.32 Å². The predicted molar refractivity (Wildman–Crippen MR) is 59.9 cm³/mol. The van der Waals surface area contributed by atoms with E-state index in [9.17, 15) is 9.90 Å². The molecular weight excluding hydrogens is 206 g/mol. The van der Waals surface area contributed by atoms with Gasteiger partial charge >= 0.3 is 5.97 Å². The van der Waals surface area contributed by atoms with E-state index in [0.29, 0.717) is 25.5 Å². The van der Waals surface area contributed by atoms with Crippen LogP contribution in [0.3, 0.4) is 0 Å². The predicted octanol–water partition coefficient (Wildman–Crippen LogP) is 0.833. The molecule has 1 aliphatic heterocycles. The summed E-state index contributed by atoms with van der Waals surface area (Å²) in [4.78, 5) is 11.6. The Bertz CT molecular complexity index is 238. The van der Waals surface area contributed by atoms with Gasteiger partial charge in [-0.1, -0.05) is 19.3 Å². The van der Waals surface area contributed by atoms with Gasteiger partial charge in [-0.25, -0.2) is 0 Å². The van der Waals surface area contributed by atoms with Crippen LogP contribution in [0.25, 0.3) is 0 Å². The first-order valence-electron chi connectivity index (χ1n) is 6.34. The summed E-state index contributed by atoms with van der Waals surface area (Å²) in [6, 6.07) is -0.293. The fraction of sp³-hybridized carbons (Fsp3) is 0.917. The molecule has 0 amide bonds. The number of rotatable bonds is 3. The van der Waals surface area contributed by atoms with Crippen molar-refractivity contribution in [1.82, 2.24) is 5.32 Å². The highest BCUT2D eigenvalue weighted by Gasteiger charge is 2.29. The lowest BCUT2D eigenvalue weighted by Gasteiger charge is -2.21. The Kier molecular flexibility index (Phi) is 4.18. The van der Waals surface area contributed by atoms with E-state index in [1.54, 1.807) is 0 Å². The van der Waals surface area contributed by atoms with Gasteiger partial charge in [-0.05, 0) is 18.8 Å². The zero-order valence-corrected chi connectivity index (χ0v) is 9.65. The molecule has 4 heteroatoms. The van der Waals surface area contributed by atoms with Crippen molar-refractivity contribution in [3.63, 3.8) is 0 Å². The molecule has 1 aliphatic carbocycles. The third-order valence-electron chi connectivity index (χ3n) is 3.58. The van der Waals surface area contributed by atoms with Gasteiger partial charge in [-0.15, -0.1) is 0 Å². The van der Waals surface area contributed by atoms with E-state index in [1.165, 1.54) is 32.1 Å². The zero-order valence-electron chi connectivity index (χ0n) is 9.65. The number of esters is 1. The molecule has 2 unspecified atom stereocenters. The number of nitrogens with one attached hydrogen (secondary N) is 1. The minimum Gasteiger partial charge on any atom is -0.464 e. The second kappa shape index (κ2) is 5.64. The summed E-state index contributed by atoms with van der Waals surface area (Å²) >= 11 is 0. The van der Waals surface area contributed by atoms with Crippen molar-refractivity contribution in [3.05, 3.63) is 0 Å². The maximum absolute atomic E-state index is 11.6. The number of aliphatic hydroxyl groups is 1. The van der Waals surface area contributed by atoms with Gasteiger partial charge in [0, 0.05) is 13.0 Å². The largest absolute Gasteiger partial charge is 0.464 e. The molecule has 1 saturated heterocycles. The summed E-state index contributed by atoms with van der Waals surface area (Å²) in [6.45, 7) is 1.07. The van der Waals surface area contributed by atoms with Gasteiger partial charge in [-0.3, -0.25) is 4.79 Å². The second-order valence-corrected chi connectivity index (χ2v) is 4.98. The maximum atomic E-state index is 11.6. The SMILES string of the molecule is O=C(OCC1CCCCC1)C1CC(O)CN1. The Morgan fingerprint density at radius 3 is 2.69 bits per heavy atom. The highest BCUT2D eigenvalue weighted by Crippen LogP contribution is 2.24. The quantitative estimate of drug-likeness (QED) is 0.701. The third-order valence-corrected chi connectivity index (χ3v) is 3.58. The zero-order chi connectivity index (χ0) is 11.4. The van der Waals surface area contributed by atoms with Crippen molar-refractivity contribution < 1.29 is 14.6 Å². The molecule has 2 fully saturated rings. The number of ether oxygens (including phenoxy) is 1. The van der Waals surface area contributed by atoms with Gasteiger partial charge in [-0.2, -0.15) is 0 Å². The van der Waals surface area contributed by atoms with Crippen LogP contribution in [-0.4, -0.2) is 36.4 Å². The molecule has 0 aromatic rings. The standard InChI is InChI=1S/C12H21NO3/c14-10-6-11(13-7-10)12(15)16-8-9-4-2-1-3-5-9/h9-11,13-14H,1-8H2. The van der Waals surface area contributed by atoms with Crippen molar-refractivity contribution in [2.45, 2.75) is 50.7 Å². The Hall–Kier alpha value is -0.610. The van der Waals surface area contributed by atoms with Crippen LogP contribution >= 0.6 is 0 Å². The Morgan fingerprint density at radius 1 is 1.31 bits per heavy atom. The normalized spacial score (nSPS) is 31.6. The summed E-state index contributed by atoms with van der Waals surface area (Å²) in [7, 11) is 0. The second-order valence-electron chi connectivity index (χ2n) is 4.98. The Labute approximate surface area is 96.4 Å². The lowest BCUT2D eigenvalue weighted by molar-refractivity contribution is -0.147. The first-order valence-corrected chi connectivity index (χ1v) is 6.34. The first kappa shape index (κ1) is 11.9. The fourth-order valence-corrected chi connectivity index (χ4v) is 2.55. The van der Waals surface area contributed by atoms with Crippen LogP contribution < -0.4 is 5.32 Å². The molecule has 0 aromatic heterocycles. The van der Waals surface area contributed by atoms with Crippen LogP contribution in [0.2, 0.25) is 0 Å². The van der Waals surface area contributed by atoms with Gasteiger partial charge in [0.15, 0.2) is 0 Å². The van der Waals surface area contributed by atoms with Crippen LogP contribution in [0, 0.1) is 5.92 Å². The Balaban J connectivity index is 1.67. The Morgan fingerprint density at radius 2 is 2.06 bits per heavy atom. The van der Waals surface area contributed by atoms with Gasteiger partial charge in [0.1, 0.15) is 6.04 Å². The molecule has 0 spiro atoms. The van der Waals surface area contributed by atoms with E-state index in [0.717, 1.165) is 0 Å². The van der Waals surface area contributed by atoms with Crippen molar-refractivity contribution >= 4 is 5.97 Å². The topological polar surface area (TPSA) is 58.6 Å². The molecule has 2 aliphatic rings. The number of aliphatic hydroxyl groups excluding tert-OH is 1. The van der Waals surface area contributed by atoms with Gasteiger partial charge < -0.3 is 15.2 Å². The number of β-amino-alcohol motifs (C(OH)–C–C–N with tert-alkyl or cyclic N) is 1. The average molecular weight is 227 g/mol. The first-order chi connectivity index (χ1) is 7.75. The summed E-state index contributed by atoms with van der Waals surface area (Å²) in [5.74, 6) is 0.367. The van der Waals surface area contributed by atoms with Crippen molar-refractivity contribution in [1.29, 1.82) is 0 Å². The van der Waals surface area contributed by atoms with Crippen LogP contribution in [0.1, 0.15) is 38.5 Å². The van der Waals surface area contributed by atoms with E-state index in [-0.39, 0.29) is 12.0 Å². The number of hydrogen-bond acceptors (Lipinski definition) is 4. The molecule has 4 nitrogen and oxygen atoms in total. The molecule has 16 heavy (non-hydrogen) atoms. The van der Waals surface area contributed by atoms with Crippen molar-refractivity contribution in [3.8, 4) is 0 Å². The van der Waals surface area contributed by atoms with Crippen molar-refractivity contribution in [2.75, 3.05) is 13.2 Å². The molecular formula is C12H21NO3. The molecule has 2 atom stereocenters. The third kappa shape index (κ3) is 3.19. The van der Waals surface area contributed by atoms with Crippen LogP contribution in [0.5, 0.6) is 0 Å². The highest BCUT2D eigenvalue weighted by molar-refractivity contribution is 5.76. The minimum atomic E-state index is -0.396. The van der Waals surface area contributed by atoms with E-state index in [1.807, 2.05) is 0 Å².